The van der Waals surface area contributed by atoms with Crippen LogP contribution in [0.4, 0.5) is 0 Å². The molecule has 37 heavy (non-hydrogen) atoms. The molecule has 0 bridgehead atoms. The van der Waals surface area contributed by atoms with E-state index in [4.69, 9.17) is 13.9 Å². The highest BCUT2D eigenvalue weighted by atomic mass is 32.2. The second-order valence-electron chi connectivity index (χ2n) is 10.0. The van der Waals surface area contributed by atoms with Gasteiger partial charge in [0.15, 0.2) is 26.8 Å². The summed E-state index contributed by atoms with van der Waals surface area (Å²) in [7, 11) is -3.29. The van der Waals surface area contributed by atoms with Crippen LogP contribution in [0.2, 0.25) is 0 Å². The molecule has 0 unspecified atom stereocenters. The minimum absolute atomic E-state index is 0.000682. The van der Waals surface area contributed by atoms with Gasteiger partial charge >= 0.3 is 0 Å². The van der Waals surface area contributed by atoms with E-state index in [1.807, 2.05) is 13.0 Å². The molecular weight excluding hydrogens is 494 g/mol. The lowest BCUT2D eigenvalue weighted by molar-refractivity contribution is 0.0662. The molecule has 2 aliphatic heterocycles. The monoisotopic (exact) mass is 525 g/mol. The predicted molar refractivity (Wildman–Crippen MR) is 140 cm³/mol. The lowest BCUT2D eigenvalue weighted by atomic mass is 9.97. The van der Waals surface area contributed by atoms with Crippen LogP contribution >= 0.6 is 0 Å². The Hall–Kier alpha value is -3.33. The summed E-state index contributed by atoms with van der Waals surface area (Å²) in [6.45, 7) is 7.05. The number of hydrogen-bond acceptors (Lipinski definition) is 7. The minimum Gasteiger partial charge on any atom is -0.490 e. The van der Waals surface area contributed by atoms with Crippen LogP contribution < -0.4 is 14.9 Å². The van der Waals surface area contributed by atoms with E-state index in [1.165, 1.54) is 4.90 Å². The molecule has 2 atom stereocenters. The summed E-state index contributed by atoms with van der Waals surface area (Å²) >= 11 is 0. The maximum Gasteiger partial charge on any atom is 0.291 e. The van der Waals surface area contributed by atoms with Gasteiger partial charge in [0.2, 0.25) is 5.76 Å². The van der Waals surface area contributed by atoms with E-state index < -0.39 is 27.8 Å². The second-order valence-corrected chi connectivity index (χ2v) is 12.2. The lowest BCUT2D eigenvalue weighted by Gasteiger charge is -2.30. The summed E-state index contributed by atoms with van der Waals surface area (Å²) < 4.78 is 42.5. The van der Waals surface area contributed by atoms with Gasteiger partial charge < -0.3 is 18.8 Å². The first-order valence-corrected chi connectivity index (χ1v) is 14.5. The number of fused-ring (bicyclic) bond motifs is 2. The second kappa shape index (κ2) is 9.85. The number of carbonyl (C=O) groups excluding carboxylic acids is 1. The van der Waals surface area contributed by atoms with Gasteiger partial charge in [-0.2, -0.15) is 0 Å². The molecule has 0 radical (unpaired) electrons. The fourth-order valence-electron chi connectivity index (χ4n) is 5.12. The topological polar surface area (TPSA) is 103 Å². The Morgan fingerprint density at radius 2 is 1.86 bits per heavy atom. The third-order valence-corrected chi connectivity index (χ3v) is 8.70. The molecule has 1 fully saturated rings. The molecule has 5 rings (SSSR count). The van der Waals surface area contributed by atoms with Crippen molar-refractivity contribution < 1.29 is 27.1 Å². The van der Waals surface area contributed by atoms with Crippen LogP contribution in [0.25, 0.3) is 11.0 Å². The molecule has 1 aromatic heterocycles. The van der Waals surface area contributed by atoms with Gasteiger partial charge in [0.25, 0.3) is 5.91 Å². The summed E-state index contributed by atoms with van der Waals surface area (Å²) in [5.74, 6) is 0.923. The molecular formula is C28H31NO7S. The predicted octanol–water partition coefficient (Wildman–Crippen LogP) is 4.35. The van der Waals surface area contributed by atoms with Gasteiger partial charge in [-0.3, -0.25) is 9.59 Å². The van der Waals surface area contributed by atoms with Gasteiger partial charge in [-0.05, 0) is 55.5 Å². The number of para-hydroxylation sites is 1. The van der Waals surface area contributed by atoms with Crippen molar-refractivity contribution in [1.82, 2.24) is 4.90 Å². The molecule has 1 amide bonds. The summed E-state index contributed by atoms with van der Waals surface area (Å²) in [6.07, 6.45) is 1.19. The fourth-order valence-corrected chi connectivity index (χ4v) is 6.83. The average Bonchev–Trinajstić information content (AvgIpc) is 3.36. The first kappa shape index (κ1) is 25.3. The number of sulfone groups is 1. The van der Waals surface area contributed by atoms with Crippen LogP contribution in [-0.4, -0.2) is 50.0 Å². The first-order valence-electron chi connectivity index (χ1n) is 12.7. The molecule has 9 heteroatoms. The van der Waals surface area contributed by atoms with Gasteiger partial charge in [-0.25, -0.2) is 8.42 Å². The van der Waals surface area contributed by atoms with Gasteiger partial charge in [-0.15, -0.1) is 0 Å². The highest BCUT2D eigenvalue weighted by molar-refractivity contribution is 7.91. The van der Waals surface area contributed by atoms with E-state index in [0.717, 1.165) is 6.42 Å². The van der Waals surface area contributed by atoms with Crippen molar-refractivity contribution in [1.29, 1.82) is 0 Å². The Bertz CT molecular complexity index is 1510. The van der Waals surface area contributed by atoms with Crippen LogP contribution in [0.15, 0.2) is 51.7 Å². The van der Waals surface area contributed by atoms with Gasteiger partial charge in [0.1, 0.15) is 5.58 Å². The molecule has 8 nitrogen and oxygen atoms in total. The van der Waals surface area contributed by atoms with Crippen LogP contribution in [-0.2, 0) is 9.84 Å². The minimum atomic E-state index is -3.29. The number of nitrogens with zero attached hydrogens (tertiary/aromatic N) is 1. The number of ether oxygens (including phenoxy) is 2. The van der Waals surface area contributed by atoms with E-state index in [0.29, 0.717) is 53.6 Å². The molecule has 0 saturated carbocycles. The summed E-state index contributed by atoms with van der Waals surface area (Å²) in [6, 6.07) is 10.8. The standard InChI is InChI=1S/C28H31NO7S/c1-4-34-23-15-18(9-10-22(23)35-13-11-17(2)3)25-24-26(30)20-7-5-6-8-21(20)36-27(24)28(31)29(25)19-12-14-37(32,33)16-19/h5-10,15,17,19,25H,4,11-14,16H2,1-3H3/t19-,25-/m1/s1. The third kappa shape index (κ3) is 4.72. The Morgan fingerprint density at radius 1 is 1.08 bits per heavy atom. The van der Waals surface area contributed by atoms with Crippen LogP contribution in [0, 0.1) is 5.92 Å². The van der Waals surface area contributed by atoms with Gasteiger partial charge in [-0.1, -0.05) is 32.0 Å². The molecule has 1 saturated heterocycles. The van der Waals surface area contributed by atoms with Crippen molar-refractivity contribution in [3.8, 4) is 11.5 Å². The Balaban J connectivity index is 1.64. The van der Waals surface area contributed by atoms with Gasteiger partial charge in [0, 0.05) is 6.04 Å². The first-order chi connectivity index (χ1) is 17.7. The van der Waals surface area contributed by atoms with E-state index in [9.17, 15) is 18.0 Å². The highest BCUT2D eigenvalue weighted by Crippen LogP contribution is 2.43. The molecule has 0 spiro atoms. The van der Waals surface area contributed by atoms with Crippen molar-refractivity contribution in [2.45, 2.75) is 45.7 Å². The molecule has 0 N–H and O–H groups in total. The smallest absolute Gasteiger partial charge is 0.291 e. The van der Waals surface area contributed by atoms with Crippen LogP contribution in [0.3, 0.4) is 0 Å². The Kier molecular flexibility index (Phi) is 6.74. The van der Waals surface area contributed by atoms with E-state index in [2.05, 4.69) is 13.8 Å². The van der Waals surface area contributed by atoms with Crippen molar-refractivity contribution in [3.05, 3.63) is 69.6 Å². The van der Waals surface area contributed by atoms with E-state index >= 15 is 0 Å². The third-order valence-electron chi connectivity index (χ3n) is 6.95. The average molecular weight is 526 g/mol. The zero-order chi connectivity index (χ0) is 26.3. The van der Waals surface area contributed by atoms with Crippen molar-refractivity contribution in [3.63, 3.8) is 0 Å². The van der Waals surface area contributed by atoms with Crippen molar-refractivity contribution in [2.75, 3.05) is 24.7 Å². The summed E-state index contributed by atoms with van der Waals surface area (Å²) in [5.41, 5.74) is 0.888. The number of amides is 1. The fraction of sp³-hybridized carbons (Fsp3) is 0.429. The van der Waals surface area contributed by atoms with Gasteiger partial charge in [0.05, 0.1) is 41.7 Å². The molecule has 3 aromatic rings. The maximum absolute atomic E-state index is 13.7. The van der Waals surface area contributed by atoms with E-state index in [1.54, 1.807) is 36.4 Å². The zero-order valence-corrected chi connectivity index (χ0v) is 22.0. The molecule has 2 aliphatic rings. The number of benzene rings is 2. The Morgan fingerprint density at radius 3 is 2.57 bits per heavy atom. The number of hydrogen-bond donors (Lipinski definition) is 0. The summed E-state index contributed by atoms with van der Waals surface area (Å²) in [5, 5.41) is 0.374. The van der Waals surface area contributed by atoms with Crippen molar-refractivity contribution >= 4 is 26.7 Å². The summed E-state index contributed by atoms with van der Waals surface area (Å²) in [4.78, 5) is 28.9. The molecule has 196 valence electrons. The van der Waals surface area contributed by atoms with Crippen molar-refractivity contribution in [2.24, 2.45) is 5.92 Å². The van der Waals surface area contributed by atoms with Crippen LogP contribution in [0.5, 0.6) is 11.5 Å². The molecule has 0 aliphatic carbocycles. The normalized spacial score (nSPS) is 20.5. The molecule has 3 heterocycles. The Labute approximate surface area is 216 Å². The van der Waals surface area contributed by atoms with E-state index in [-0.39, 0.29) is 28.3 Å². The SMILES string of the molecule is CCOc1cc([C@@H]2c3c(oc4ccccc4c3=O)C(=O)N2[C@@H]2CCS(=O)(=O)C2)ccc1OCCC(C)C. The van der Waals surface area contributed by atoms with Crippen LogP contribution in [0.1, 0.15) is 61.3 Å². The highest BCUT2D eigenvalue weighted by Gasteiger charge is 2.48. The number of rotatable bonds is 8. The quantitative estimate of drug-likeness (QED) is 0.431. The largest absolute Gasteiger partial charge is 0.490 e. The zero-order valence-electron chi connectivity index (χ0n) is 21.2. The maximum atomic E-state index is 13.7. The molecule has 2 aromatic carbocycles. The number of carbonyl (C=O) groups is 1. The lowest BCUT2D eigenvalue weighted by Crippen LogP contribution is -2.40.